The van der Waals surface area contributed by atoms with Crippen molar-refractivity contribution in [1.82, 2.24) is 25.2 Å². The van der Waals surface area contributed by atoms with E-state index in [1.54, 1.807) is 43.3 Å². The van der Waals surface area contributed by atoms with Crippen LogP contribution in [0.1, 0.15) is 5.82 Å². The molecule has 130 valence electrons. The number of rotatable bonds is 6. The highest BCUT2D eigenvalue weighted by atomic mass is 35.5. The smallest absolute Gasteiger partial charge is 0.175 e. The highest BCUT2D eigenvalue weighted by Gasteiger charge is 2.15. The Balaban J connectivity index is 1.92. The SMILES string of the molecule is COc1cc(OC)cc(-n2nnnc2CN(C)c2ncccc2Cl)c1. The van der Waals surface area contributed by atoms with E-state index in [-0.39, 0.29) is 0 Å². The lowest BCUT2D eigenvalue weighted by atomic mass is 10.2. The van der Waals surface area contributed by atoms with Gasteiger partial charge >= 0.3 is 0 Å². The second kappa shape index (κ2) is 7.35. The van der Waals surface area contributed by atoms with Gasteiger partial charge in [0.1, 0.15) is 17.3 Å². The first-order chi connectivity index (χ1) is 12.1. The summed E-state index contributed by atoms with van der Waals surface area (Å²) in [6.45, 7) is 0.420. The summed E-state index contributed by atoms with van der Waals surface area (Å²) < 4.78 is 12.2. The van der Waals surface area contributed by atoms with Crippen LogP contribution in [0.2, 0.25) is 5.02 Å². The minimum absolute atomic E-state index is 0.420. The molecule has 0 radical (unpaired) electrons. The Kier molecular flexibility index (Phi) is 4.99. The van der Waals surface area contributed by atoms with Gasteiger partial charge in [0.2, 0.25) is 0 Å². The minimum atomic E-state index is 0.420. The van der Waals surface area contributed by atoms with E-state index < -0.39 is 0 Å². The molecule has 0 bridgehead atoms. The molecule has 3 aromatic rings. The van der Waals surface area contributed by atoms with E-state index in [1.165, 1.54) is 0 Å². The highest BCUT2D eigenvalue weighted by molar-refractivity contribution is 6.32. The zero-order valence-corrected chi connectivity index (χ0v) is 14.8. The van der Waals surface area contributed by atoms with Crippen LogP contribution in [-0.4, -0.2) is 46.5 Å². The van der Waals surface area contributed by atoms with Crippen LogP contribution < -0.4 is 14.4 Å². The van der Waals surface area contributed by atoms with Gasteiger partial charge in [-0.1, -0.05) is 11.6 Å². The molecule has 0 fully saturated rings. The molecule has 8 nitrogen and oxygen atoms in total. The minimum Gasteiger partial charge on any atom is -0.497 e. The summed E-state index contributed by atoms with van der Waals surface area (Å²) in [5.74, 6) is 2.58. The monoisotopic (exact) mass is 360 g/mol. The van der Waals surface area contributed by atoms with Gasteiger partial charge in [0, 0.05) is 31.4 Å². The van der Waals surface area contributed by atoms with Crippen LogP contribution >= 0.6 is 11.6 Å². The van der Waals surface area contributed by atoms with Crippen molar-refractivity contribution >= 4 is 17.4 Å². The lowest BCUT2D eigenvalue weighted by molar-refractivity contribution is 0.393. The lowest BCUT2D eigenvalue weighted by Crippen LogP contribution is -2.21. The summed E-state index contributed by atoms with van der Waals surface area (Å²) in [4.78, 5) is 6.17. The first-order valence-corrected chi connectivity index (χ1v) is 7.82. The van der Waals surface area contributed by atoms with Crippen LogP contribution in [0.25, 0.3) is 5.69 Å². The second-order valence-corrected chi connectivity index (χ2v) is 5.65. The average molecular weight is 361 g/mol. The molecule has 9 heteroatoms. The van der Waals surface area contributed by atoms with Gasteiger partial charge < -0.3 is 14.4 Å². The molecule has 0 unspecified atom stereocenters. The fraction of sp³-hybridized carbons (Fsp3) is 0.250. The molecular formula is C16H17ClN6O2. The van der Waals surface area contributed by atoms with Gasteiger partial charge in [-0.25, -0.2) is 4.98 Å². The molecule has 0 amide bonds. The maximum absolute atomic E-state index is 6.20. The summed E-state index contributed by atoms with van der Waals surface area (Å²) in [5, 5.41) is 12.5. The number of hydrogen-bond donors (Lipinski definition) is 0. The maximum Gasteiger partial charge on any atom is 0.175 e. The summed E-state index contributed by atoms with van der Waals surface area (Å²) in [7, 11) is 5.06. The first kappa shape index (κ1) is 17.0. The topological polar surface area (TPSA) is 78.2 Å². The molecule has 2 aromatic heterocycles. The van der Waals surface area contributed by atoms with Gasteiger partial charge in [0.25, 0.3) is 0 Å². The predicted molar refractivity (Wildman–Crippen MR) is 93.6 cm³/mol. The highest BCUT2D eigenvalue weighted by Crippen LogP contribution is 2.26. The third-order valence-corrected chi connectivity index (χ3v) is 3.89. The summed E-state index contributed by atoms with van der Waals surface area (Å²) in [6.07, 6.45) is 1.69. The fourth-order valence-electron chi connectivity index (χ4n) is 2.36. The average Bonchev–Trinajstić information content (AvgIpc) is 3.09. The van der Waals surface area contributed by atoms with Gasteiger partial charge in [0.05, 0.1) is 31.5 Å². The molecule has 0 atom stereocenters. The molecule has 2 heterocycles. The van der Waals surface area contributed by atoms with Crippen molar-refractivity contribution in [3.8, 4) is 17.2 Å². The molecule has 0 spiro atoms. The third-order valence-electron chi connectivity index (χ3n) is 3.59. The molecule has 1 aromatic carbocycles. The number of hydrogen-bond acceptors (Lipinski definition) is 7. The lowest BCUT2D eigenvalue weighted by Gasteiger charge is -2.18. The number of halogens is 1. The molecular weight excluding hydrogens is 344 g/mol. The van der Waals surface area contributed by atoms with Crippen LogP contribution in [0.3, 0.4) is 0 Å². The number of tetrazole rings is 1. The Morgan fingerprint density at radius 3 is 2.52 bits per heavy atom. The van der Waals surface area contributed by atoms with Gasteiger partial charge in [0.15, 0.2) is 5.82 Å². The Bertz CT molecular complexity index is 847. The molecule has 25 heavy (non-hydrogen) atoms. The number of methoxy groups -OCH3 is 2. The summed E-state index contributed by atoms with van der Waals surface area (Å²) in [5.41, 5.74) is 0.733. The largest absolute Gasteiger partial charge is 0.497 e. The van der Waals surface area contributed by atoms with Gasteiger partial charge in [-0.15, -0.1) is 5.10 Å². The van der Waals surface area contributed by atoms with Gasteiger partial charge in [-0.3, -0.25) is 0 Å². The van der Waals surface area contributed by atoms with Crippen LogP contribution in [0, 0.1) is 0 Å². The van der Waals surface area contributed by atoms with Gasteiger partial charge in [-0.05, 0) is 22.6 Å². The number of pyridine rings is 1. The van der Waals surface area contributed by atoms with Crippen LogP contribution in [0.5, 0.6) is 11.5 Å². The summed E-state index contributed by atoms with van der Waals surface area (Å²) in [6, 6.07) is 9.02. The zero-order chi connectivity index (χ0) is 17.8. The third kappa shape index (κ3) is 3.63. The number of anilines is 1. The molecule has 0 aliphatic rings. The van der Waals surface area contributed by atoms with E-state index in [1.807, 2.05) is 24.1 Å². The van der Waals surface area contributed by atoms with Crippen LogP contribution in [-0.2, 0) is 6.54 Å². The number of nitrogens with zero attached hydrogens (tertiary/aromatic N) is 6. The predicted octanol–water partition coefficient (Wildman–Crippen LogP) is 2.36. The Morgan fingerprint density at radius 2 is 1.88 bits per heavy atom. The Labute approximate surface area is 149 Å². The van der Waals surface area contributed by atoms with Crippen molar-refractivity contribution < 1.29 is 9.47 Å². The second-order valence-electron chi connectivity index (χ2n) is 5.24. The standard InChI is InChI=1S/C16H17ClN6O2/c1-22(16-14(17)5-4-6-18-16)10-15-19-20-21-23(15)11-7-12(24-2)9-13(8-11)25-3/h4-9H,10H2,1-3H3. The Hall–Kier alpha value is -2.87. The first-order valence-electron chi connectivity index (χ1n) is 7.44. The van der Waals surface area contributed by atoms with Gasteiger partial charge in [-0.2, -0.15) is 4.68 Å². The number of ether oxygens (including phenoxy) is 2. The molecule has 3 rings (SSSR count). The zero-order valence-electron chi connectivity index (χ0n) is 14.0. The van der Waals surface area contributed by atoms with Crippen molar-refractivity contribution in [2.75, 3.05) is 26.2 Å². The van der Waals surface area contributed by atoms with Crippen molar-refractivity contribution in [2.45, 2.75) is 6.54 Å². The quantitative estimate of drug-likeness (QED) is 0.667. The van der Waals surface area contributed by atoms with E-state index in [4.69, 9.17) is 21.1 Å². The molecule has 0 aliphatic carbocycles. The van der Waals surface area contributed by atoms with E-state index in [0.717, 1.165) is 5.69 Å². The molecule has 0 saturated heterocycles. The van der Waals surface area contributed by atoms with Crippen molar-refractivity contribution in [3.05, 3.63) is 47.4 Å². The normalized spacial score (nSPS) is 10.6. The van der Waals surface area contributed by atoms with Crippen molar-refractivity contribution in [1.29, 1.82) is 0 Å². The fourth-order valence-corrected chi connectivity index (χ4v) is 2.63. The van der Waals surface area contributed by atoms with Crippen molar-refractivity contribution in [3.63, 3.8) is 0 Å². The van der Waals surface area contributed by atoms with Crippen LogP contribution in [0.4, 0.5) is 5.82 Å². The van der Waals surface area contributed by atoms with E-state index >= 15 is 0 Å². The molecule has 0 N–H and O–H groups in total. The number of aromatic nitrogens is 5. The summed E-state index contributed by atoms with van der Waals surface area (Å²) >= 11 is 6.20. The van der Waals surface area contributed by atoms with Crippen molar-refractivity contribution in [2.24, 2.45) is 0 Å². The van der Waals surface area contributed by atoms with E-state index in [2.05, 4.69) is 20.5 Å². The molecule has 0 saturated carbocycles. The maximum atomic E-state index is 6.20. The number of benzene rings is 1. The van der Waals surface area contributed by atoms with Crippen LogP contribution in [0.15, 0.2) is 36.5 Å². The van der Waals surface area contributed by atoms with E-state index in [9.17, 15) is 0 Å². The molecule has 0 aliphatic heterocycles. The Morgan fingerprint density at radius 1 is 1.16 bits per heavy atom. The van der Waals surface area contributed by atoms with E-state index in [0.29, 0.717) is 34.7 Å².